The third-order valence-corrected chi connectivity index (χ3v) is 5.21. The van der Waals surface area contributed by atoms with Gasteiger partial charge >= 0.3 is 0 Å². The molecule has 1 unspecified atom stereocenters. The molecule has 0 N–H and O–H groups in total. The molecule has 106 valence electrons. The maximum absolute atomic E-state index is 13.5. The maximum Gasteiger partial charge on any atom is 0.137 e. The van der Waals surface area contributed by atoms with Crippen molar-refractivity contribution in [2.24, 2.45) is 5.92 Å². The van der Waals surface area contributed by atoms with Crippen LogP contribution in [0.4, 0.5) is 4.39 Å². The van der Waals surface area contributed by atoms with Crippen LogP contribution < -0.4 is 0 Å². The number of benzene rings is 2. The summed E-state index contributed by atoms with van der Waals surface area (Å²) in [5, 5.41) is 0.907. The Morgan fingerprint density at radius 1 is 1.05 bits per heavy atom. The van der Waals surface area contributed by atoms with Gasteiger partial charge in [-0.15, -0.1) is 0 Å². The molecule has 0 aromatic heterocycles. The van der Waals surface area contributed by atoms with Crippen LogP contribution in [0.1, 0.15) is 16.7 Å². The summed E-state index contributed by atoms with van der Waals surface area (Å²) < 4.78 is 14.1. The monoisotopic (exact) mass is 398 g/mol. The topological polar surface area (TPSA) is 0 Å². The normalized spacial score (nSPS) is 12.4. The van der Waals surface area contributed by atoms with Crippen molar-refractivity contribution in [3.63, 3.8) is 0 Å². The number of hydrogen-bond donors (Lipinski definition) is 0. The summed E-state index contributed by atoms with van der Waals surface area (Å²) in [5.41, 5.74) is 3.63. The Labute approximate surface area is 136 Å². The van der Waals surface area contributed by atoms with E-state index in [4.69, 9.17) is 0 Å². The summed E-state index contributed by atoms with van der Waals surface area (Å²) in [6, 6.07) is 13.9. The van der Waals surface area contributed by atoms with E-state index in [1.807, 2.05) is 6.07 Å². The zero-order valence-corrected chi connectivity index (χ0v) is 14.5. The first-order chi connectivity index (χ1) is 9.60. The molecule has 0 bridgehead atoms. The summed E-state index contributed by atoms with van der Waals surface area (Å²) >= 11 is 6.92. The van der Waals surface area contributed by atoms with Crippen LogP contribution >= 0.6 is 31.9 Å². The van der Waals surface area contributed by atoms with E-state index in [9.17, 15) is 4.39 Å². The third kappa shape index (κ3) is 4.16. The molecule has 0 nitrogen and oxygen atoms in total. The number of aryl methyl sites for hydroxylation is 1. The molecule has 1 atom stereocenters. The molecule has 0 aliphatic carbocycles. The van der Waals surface area contributed by atoms with Gasteiger partial charge in [-0.25, -0.2) is 4.39 Å². The summed E-state index contributed by atoms with van der Waals surface area (Å²) in [6.45, 7) is 2.09. The maximum atomic E-state index is 13.5. The first kappa shape index (κ1) is 15.7. The fraction of sp³-hybridized carbons (Fsp3) is 0.294. The van der Waals surface area contributed by atoms with Crippen molar-refractivity contribution < 1.29 is 4.39 Å². The lowest BCUT2D eigenvalue weighted by Gasteiger charge is -2.15. The largest absolute Gasteiger partial charge is 0.206 e. The van der Waals surface area contributed by atoms with Gasteiger partial charge in [0.2, 0.25) is 0 Å². The third-order valence-electron chi connectivity index (χ3n) is 3.40. The van der Waals surface area contributed by atoms with Gasteiger partial charge < -0.3 is 0 Å². The van der Waals surface area contributed by atoms with Crippen LogP contribution in [0, 0.1) is 18.7 Å². The van der Waals surface area contributed by atoms with Gasteiger partial charge in [-0.05, 0) is 58.8 Å². The summed E-state index contributed by atoms with van der Waals surface area (Å²) in [4.78, 5) is 0. The van der Waals surface area contributed by atoms with E-state index in [0.717, 1.165) is 23.7 Å². The van der Waals surface area contributed by atoms with E-state index in [1.54, 1.807) is 6.07 Å². The second kappa shape index (κ2) is 7.37. The molecule has 0 heterocycles. The van der Waals surface area contributed by atoms with Crippen LogP contribution in [0.25, 0.3) is 0 Å². The van der Waals surface area contributed by atoms with Crippen LogP contribution in [-0.4, -0.2) is 5.33 Å². The van der Waals surface area contributed by atoms with Crippen LogP contribution in [-0.2, 0) is 12.8 Å². The van der Waals surface area contributed by atoms with Crippen molar-refractivity contribution in [3.8, 4) is 0 Å². The summed E-state index contributed by atoms with van der Waals surface area (Å²) in [7, 11) is 0. The summed E-state index contributed by atoms with van der Waals surface area (Å²) in [5.74, 6) is 0.266. The van der Waals surface area contributed by atoms with Gasteiger partial charge in [-0.1, -0.05) is 57.9 Å². The molecule has 20 heavy (non-hydrogen) atoms. The molecule has 2 rings (SSSR count). The van der Waals surface area contributed by atoms with Crippen molar-refractivity contribution in [2.45, 2.75) is 19.8 Å². The Morgan fingerprint density at radius 2 is 1.75 bits per heavy atom. The van der Waals surface area contributed by atoms with Gasteiger partial charge in [-0.3, -0.25) is 0 Å². The minimum Gasteiger partial charge on any atom is -0.206 e. The molecule has 0 aliphatic heterocycles. The standard InChI is InChI=1S/C17H17Br2F/c1-12-5-7-13(8-6-12)9-14(11-18)10-15-3-2-4-16(20)17(15)19/h2-8,14H,9-11H2,1H3. The van der Waals surface area contributed by atoms with Crippen LogP contribution in [0.2, 0.25) is 0 Å². The Morgan fingerprint density at radius 3 is 2.40 bits per heavy atom. The summed E-state index contributed by atoms with van der Waals surface area (Å²) in [6.07, 6.45) is 1.85. The van der Waals surface area contributed by atoms with Gasteiger partial charge in [0.25, 0.3) is 0 Å². The van der Waals surface area contributed by atoms with E-state index < -0.39 is 0 Å². The lowest BCUT2D eigenvalue weighted by molar-refractivity contribution is 0.578. The smallest absolute Gasteiger partial charge is 0.137 e. The minimum atomic E-state index is -0.189. The van der Waals surface area contributed by atoms with Gasteiger partial charge in [0, 0.05) is 5.33 Å². The molecule has 3 heteroatoms. The second-order valence-corrected chi connectivity index (χ2v) is 6.57. The van der Waals surface area contributed by atoms with E-state index in [2.05, 4.69) is 63.0 Å². The fourth-order valence-corrected chi connectivity index (χ4v) is 3.14. The first-order valence-corrected chi connectivity index (χ1v) is 8.56. The molecule has 0 amide bonds. The van der Waals surface area contributed by atoms with Gasteiger partial charge in [-0.2, -0.15) is 0 Å². The number of alkyl halides is 1. The average molecular weight is 400 g/mol. The van der Waals surface area contributed by atoms with E-state index in [-0.39, 0.29) is 5.82 Å². The first-order valence-electron chi connectivity index (χ1n) is 6.64. The van der Waals surface area contributed by atoms with Crippen molar-refractivity contribution in [1.29, 1.82) is 0 Å². The van der Waals surface area contributed by atoms with Crippen LogP contribution in [0.5, 0.6) is 0 Å². The molecule has 0 radical (unpaired) electrons. The van der Waals surface area contributed by atoms with Crippen molar-refractivity contribution in [3.05, 3.63) is 69.4 Å². The minimum absolute atomic E-state index is 0.189. The Hall–Kier alpha value is -0.670. The highest BCUT2D eigenvalue weighted by atomic mass is 79.9. The molecule has 0 fully saturated rings. The number of rotatable bonds is 5. The average Bonchev–Trinajstić information content (AvgIpc) is 2.45. The molecular weight excluding hydrogens is 383 g/mol. The SMILES string of the molecule is Cc1ccc(CC(CBr)Cc2cccc(F)c2Br)cc1. The zero-order valence-electron chi connectivity index (χ0n) is 11.4. The number of hydrogen-bond acceptors (Lipinski definition) is 0. The molecule has 2 aromatic rings. The molecular formula is C17H17Br2F. The van der Waals surface area contributed by atoms with Gasteiger partial charge in [0.1, 0.15) is 5.82 Å². The Balaban J connectivity index is 2.09. The van der Waals surface area contributed by atoms with E-state index in [0.29, 0.717) is 10.4 Å². The van der Waals surface area contributed by atoms with Crippen molar-refractivity contribution >= 4 is 31.9 Å². The fourth-order valence-electron chi connectivity index (χ4n) is 2.26. The van der Waals surface area contributed by atoms with Gasteiger partial charge in [0.15, 0.2) is 0 Å². The second-order valence-electron chi connectivity index (χ2n) is 5.13. The highest BCUT2D eigenvalue weighted by molar-refractivity contribution is 9.10. The predicted octanol–water partition coefficient (Wildman–Crippen LogP) is 5.69. The van der Waals surface area contributed by atoms with E-state index >= 15 is 0 Å². The zero-order chi connectivity index (χ0) is 14.5. The molecule has 2 aromatic carbocycles. The molecule has 0 spiro atoms. The quantitative estimate of drug-likeness (QED) is 0.566. The lowest BCUT2D eigenvalue weighted by atomic mass is 9.94. The van der Waals surface area contributed by atoms with Gasteiger partial charge in [0.05, 0.1) is 4.47 Å². The highest BCUT2D eigenvalue weighted by Gasteiger charge is 2.13. The Bertz CT molecular complexity index is 564. The lowest BCUT2D eigenvalue weighted by Crippen LogP contribution is -2.10. The van der Waals surface area contributed by atoms with Crippen molar-refractivity contribution in [2.75, 3.05) is 5.33 Å². The van der Waals surface area contributed by atoms with Crippen molar-refractivity contribution in [1.82, 2.24) is 0 Å². The molecule has 0 saturated carbocycles. The number of halogens is 3. The predicted molar refractivity (Wildman–Crippen MR) is 90.0 cm³/mol. The highest BCUT2D eigenvalue weighted by Crippen LogP contribution is 2.25. The van der Waals surface area contributed by atoms with E-state index in [1.165, 1.54) is 17.2 Å². The molecule has 0 aliphatic rings. The van der Waals surface area contributed by atoms with Crippen LogP contribution in [0.15, 0.2) is 46.9 Å². The Kier molecular flexibility index (Phi) is 5.79. The van der Waals surface area contributed by atoms with Crippen LogP contribution in [0.3, 0.4) is 0 Å². The molecule has 0 saturated heterocycles.